The minimum absolute atomic E-state index is 0.187. The maximum atomic E-state index is 13.7. The number of allylic oxidation sites excluding steroid dienone is 1. The molecule has 0 saturated heterocycles. The van der Waals surface area contributed by atoms with E-state index in [9.17, 15) is 14.0 Å². The van der Waals surface area contributed by atoms with Gasteiger partial charge in [-0.2, -0.15) is 0 Å². The van der Waals surface area contributed by atoms with E-state index in [1.165, 1.54) is 23.9 Å². The molecule has 1 amide bonds. The number of hydrogen-bond acceptors (Lipinski definition) is 5. The zero-order chi connectivity index (χ0) is 20.8. The number of carbonyl (C=O) groups is 2. The molecule has 0 N–H and O–H groups in total. The average molecular weight is 415 g/mol. The molecule has 0 aromatic heterocycles. The number of benzene rings is 2. The first-order valence-corrected chi connectivity index (χ1v) is 10.3. The normalized spacial score (nSPS) is 13.6. The largest absolute Gasteiger partial charge is 0.496 e. The lowest BCUT2D eigenvalue weighted by Gasteiger charge is -2.26. The number of ether oxygens (including phenoxy) is 2. The standard InChI is InChI=1S/C22H22FNO4S/c1-3-27-22(26)17-7-9-19(10-8-17)24(14-16-5-4-6-18(23)13-16)21(25)20-15(2)28-11-12-29-20/h4-10,13H,3,11-12,14H2,1-2H3. The van der Waals surface area contributed by atoms with Crippen molar-refractivity contribution in [3.63, 3.8) is 0 Å². The van der Waals surface area contributed by atoms with E-state index < -0.39 is 5.97 Å². The minimum atomic E-state index is -0.420. The van der Waals surface area contributed by atoms with Crippen LogP contribution in [-0.4, -0.2) is 30.8 Å². The van der Waals surface area contributed by atoms with E-state index in [2.05, 4.69) is 0 Å². The summed E-state index contributed by atoms with van der Waals surface area (Å²) in [6.45, 7) is 4.54. The fourth-order valence-electron chi connectivity index (χ4n) is 2.93. The van der Waals surface area contributed by atoms with Gasteiger partial charge < -0.3 is 14.4 Å². The fourth-order valence-corrected chi connectivity index (χ4v) is 3.80. The lowest BCUT2D eigenvalue weighted by Crippen LogP contribution is -2.32. The topological polar surface area (TPSA) is 55.8 Å². The molecular formula is C22H22FNO4S. The van der Waals surface area contributed by atoms with Crippen molar-refractivity contribution in [3.8, 4) is 0 Å². The van der Waals surface area contributed by atoms with Crippen molar-refractivity contribution in [2.24, 2.45) is 0 Å². The van der Waals surface area contributed by atoms with Gasteiger partial charge in [-0.25, -0.2) is 9.18 Å². The molecule has 0 aliphatic carbocycles. The first-order valence-electron chi connectivity index (χ1n) is 9.29. The molecule has 1 aliphatic rings. The zero-order valence-electron chi connectivity index (χ0n) is 16.3. The van der Waals surface area contributed by atoms with Gasteiger partial charge in [-0.05, 0) is 55.8 Å². The van der Waals surface area contributed by atoms with Gasteiger partial charge in [0.15, 0.2) is 0 Å². The Morgan fingerprint density at radius 1 is 1.21 bits per heavy atom. The van der Waals surface area contributed by atoms with Gasteiger partial charge in [-0.3, -0.25) is 4.79 Å². The second kappa shape index (κ2) is 9.60. The first-order chi connectivity index (χ1) is 14.0. The summed E-state index contributed by atoms with van der Waals surface area (Å²) in [5, 5.41) is 0. The van der Waals surface area contributed by atoms with Gasteiger partial charge in [0.2, 0.25) is 0 Å². The third kappa shape index (κ3) is 5.17. The molecular weight excluding hydrogens is 393 g/mol. The van der Waals surface area contributed by atoms with Crippen molar-refractivity contribution in [1.82, 2.24) is 0 Å². The third-order valence-electron chi connectivity index (χ3n) is 4.33. The quantitative estimate of drug-likeness (QED) is 0.649. The molecule has 1 aliphatic heterocycles. The van der Waals surface area contributed by atoms with E-state index in [1.54, 1.807) is 55.1 Å². The monoisotopic (exact) mass is 415 g/mol. The number of halogens is 1. The van der Waals surface area contributed by atoms with Gasteiger partial charge in [0.05, 0.1) is 25.3 Å². The first kappa shape index (κ1) is 20.9. The Labute approximate surface area is 173 Å². The van der Waals surface area contributed by atoms with Crippen molar-refractivity contribution in [3.05, 3.63) is 76.1 Å². The Morgan fingerprint density at radius 3 is 2.62 bits per heavy atom. The van der Waals surface area contributed by atoms with Gasteiger partial charge >= 0.3 is 5.97 Å². The Balaban J connectivity index is 1.94. The number of hydrogen-bond donors (Lipinski definition) is 0. The van der Waals surface area contributed by atoms with Crippen molar-refractivity contribution in [2.75, 3.05) is 23.9 Å². The zero-order valence-corrected chi connectivity index (χ0v) is 17.1. The molecule has 5 nitrogen and oxygen atoms in total. The molecule has 2 aromatic carbocycles. The van der Waals surface area contributed by atoms with Crippen molar-refractivity contribution >= 4 is 29.3 Å². The molecule has 0 saturated carbocycles. The van der Waals surface area contributed by atoms with Gasteiger partial charge in [-0.15, -0.1) is 11.8 Å². The molecule has 0 spiro atoms. The molecule has 0 radical (unpaired) electrons. The van der Waals surface area contributed by atoms with Gasteiger partial charge in [0.25, 0.3) is 5.91 Å². The van der Waals surface area contributed by atoms with E-state index in [1.807, 2.05) is 0 Å². The second-order valence-electron chi connectivity index (χ2n) is 6.37. The van der Waals surface area contributed by atoms with Crippen LogP contribution in [0.3, 0.4) is 0 Å². The van der Waals surface area contributed by atoms with Crippen LogP contribution in [0, 0.1) is 5.82 Å². The Kier molecular flexibility index (Phi) is 6.93. The predicted octanol–water partition coefficient (Wildman–Crippen LogP) is 4.53. The molecule has 0 fully saturated rings. The van der Waals surface area contributed by atoms with Gasteiger partial charge in [-0.1, -0.05) is 12.1 Å². The summed E-state index contributed by atoms with van der Waals surface area (Å²) in [5.41, 5.74) is 1.66. The predicted molar refractivity (Wildman–Crippen MR) is 111 cm³/mol. The number of amides is 1. The lowest BCUT2D eigenvalue weighted by atomic mass is 10.1. The summed E-state index contributed by atoms with van der Waals surface area (Å²) in [6.07, 6.45) is 0. The number of thioether (sulfide) groups is 1. The number of rotatable bonds is 6. The molecule has 0 unspecified atom stereocenters. The smallest absolute Gasteiger partial charge is 0.338 e. The van der Waals surface area contributed by atoms with E-state index >= 15 is 0 Å². The van der Waals surface area contributed by atoms with Gasteiger partial charge in [0, 0.05) is 11.4 Å². The fraction of sp³-hybridized carbons (Fsp3) is 0.273. The Morgan fingerprint density at radius 2 is 1.97 bits per heavy atom. The molecule has 29 heavy (non-hydrogen) atoms. The number of esters is 1. The van der Waals surface area contributed by atoms with Crippen LogP contribution in [0.1, 0.15) is 29.8 Å². The Hall–Kier alpha value is -2.80. The summed E-state index contributed by atoms with van der Waals surface area (Å²) >= 11 is 1.45. The molecule has 152 valence electrons. The molecule has 2 aromatic rings. The van der Waals surface area contributed by atoms with E-state index in [4.69, 9.17) is 9.47 Å². The SMILES string of the molecule is CCOC(=O)c1ccc(N(Cc2cccc(F)c2)C(=O)C2=C(C)OCCS2)cc1. The van der Waals surface area contributed by atoms with Crippen LogP contribution in [-0.2, 0) is 20.8 Å². The van der Waals surface area contributed by atoms with E-state index in [0.717, 1.165) is 0 Å². The van der Waals surface area contributed by atoms with Crippen LogP contribution in [0.25, 0.3) is 0 Å². The summed E-state index contributed by atoms with van der Waals surface area (Å²) in [5.74, 6) is 0.266. The summed E-state index contributed by atoms with van der Waals surface area (Å²) in [6, 6.07) is 12.7. The summed E-state index contributed by atoms with van der Waals surface area (Å²) < 4.78 is 24.2. The highest BCUT2D eigenvalue weighted by molar-refractivity contribution is 8.04. The summed E-state index contributed by atoms with van der Waals surface area (Å²) in [4.78, 5) is 27.3. The van der Waals surface area contributed by atoms with Crippen molar-refractivity contribution in [1.29, 1.82) is 0 Å². The van der Waals surface area contributed by atoms with Crippen molar-refractivity contribution in [2.45, 2.75) is 20.4 Å². The number of anilines is 1. The number of nitrogens with zero attached hydrogens (tertiary/aromatic N) is 1. The Bertz CT molecular complexity index is 927. The van der Waals surface area contributed by atoms with Crippen LogP contribution in [0.2, 0.25) is 0 Å². The second-order valence-corrected chi connectivity index (χ2v) is 7.48. The summed E-state index contributed by atoms with van der Waals surface area (Å²) in [7, 11) is 0. The van der Waals surface area contributed by atoms with Crippen LogP contribution < -0.4 is 4.90 Å². The maximum absolute atomic E-state index is 13.7. The average Bonchev–Trinajstić information content (AvgIpc) is 2.72. The maximum Gasteiger partial charge on any atom is 0.338 e. The van der Waals surface area contributed by atoms with Crippen molar-refractivity contribution < 1.29 is 23.5 Å². The third-order valence-corrected chi connectivity index (χ3v) is 5.45. The highest BCUT2D eigenvalue weighted by Gasteiger charge is 2.26. The van der Waals surface area contributed by atoms with Crippen LogP contribution in [0.4, 0.5) is 10.1 Å². The van der Waals surface area contributed by atoms with Crippen LogP contribution in [0.5, 0.6) is 0 Å². The van der Waals surface area contributed by atoms with Crippen LogP contribution in [0.15, 0.2) is 59.2 Å². The van der Waals surface area contributed by atoms with E-state index in [-0.39, 0.29) is 24.9 Å². The highest BCUT2D eigenvalue weighted by atomic mass is 32.2. The number of carbonyl (C=O) groups excluding carboxylic acids is 2. The molecule has 3 rings (SSSR count). The van der Waals surface area contributed by atoms with E-state index in [0.29, 0.717) is 39.8 Å². The molecule has 7 heteroatoms. The van der Waals surface area contributed by atoms with Gasteiger partial charge in [0.1, 0.15) is 16.5 Å². The minimum Gasteiger partial charge on any atom is -0.496 e. The van der Waals surface area contributed by atoms with Crippen LogP contribution >= 0.6 is 11.8 Å². The highest BCUT2D eigenvalue weighted by Crippen LogP contribution is 2.30. The molecule has 0 bridgehead atoms. The molecule has 0 atom stereocenters. The lowest BCUT2D eigenvalue weighted by molar-refractivity contribution is -0.114. The molecule has 1 heterocycles.